The van der Waals surface area contributed by atoms with Crippen molar-refractivity contribution in [3.8, 4) is 0 Å². The number of rotatable bonds is 5. The van der Waals surface area contributed by atoms with Crippen LogP contribution in [0.2, 0.25) is 0 Å². The quantitative estimate of drug-likeness (QED) is 0.379. The Morgan fingerprint density at radius 1 is 0.917 bits per heavy atom. The van der Waals surface area contributed by atoms with Crippen LogP contribution in [0.15, 0.2) is 10.3 Å². The van der Waals surface area contributed by atoms with Crippen LogP contribution in [0.4, 0.5) is 0 Å². The molecule has 0 heterocycles. The van der Waals surface area contributed by atoms with E-state index in [1.165, 1.54) is 0 Å². The van der Waals surface area contributed by atoms with Gasteiger partial charge in [0.2, 0.25) is 0 Å². The Hall–Kier alpha value is -1.06. The van der Waals surface area contributed by atoms with E-state index in [4.69, 9.17) is 10.4 Å². The molecule has 0 aliphatic carbocycles. The highest BCUT2D eigenvalue weighted by atomic mass is 16.4. The normalized spacial score (nSPS) is 13.5. The maximum Gasteiger partial charge on any atom is 0.104 e. The number of oxime groups is 2. The van der Waals surface area contributed by atoms with E-state index in [9.17, 15) is 0 Å². The van der Waals surface area contributed by atoms with Gasteiger partial charge in [0, 0.05) is 0 Å². The van der Waals surface area contributed by atoms with Gasteiger partial charge in [0.1, 0.15) is 11.4 Å². The highest BCUT2D eigenvalue weighted by Crippen LogP contribution is 2.01. The van der Waals surface area contributed by atoms with Gasteiger partial charge >= 0.3 is 0 Å². The van der Waals surface area contributed by atoms with Crippen LogP contribution >= 0.6 is 0 Å². The summed E-state index contributed by atoms with van der Waals surface area (Å²) in [7, 11) is 0. The summed E-state index contributed by atoms with van der Waals surface area (Å²) in [6, 6.07) is 0. The molecule has 0 saturated heterocycles. The molecule has 4 heteroatoms. The van der Waals surface area contributed by atoms with Crippen LogP contribution in [0.3, 0.4) is 0 Å². The highest BCUT2D eigenvalue weighted by molar-refractivity contribution is 6.42. The summed E-state index contributed by atoms with van der Waals surface area (Å²) >= 11 is 0. The summed E-state index contributed by atoms with van der Waals surface area (Å²) in [4.78, 5) is 0. The smallest absolute Gasteiger partial charge is 0.104 e. The molecule has 0 aromatic carbocycles. The first-order chi connectivity index (χ1) is 5.79. The molecule has 0 bridgehead atoms. The second-order valence-corrected chi connectivity index (χ2v) is 2.59. The van der Waals surface area contributed by atoms with Crippen molar-refractivity contribution in [3.63, 3.8) is 0 Å². The summed E-state index contributed by atoms with van der Waals surface area (Å²) in [5.74, 6) is 0. The molecule has 0 unspecified atom stereocenters. The molecule has 0 fully saturated rings. The molecule has 0 spiro atoms. The monoisotopic (exact) mass is 172 g/mol. The van der Waals surface area contributed by atoms with E-state index in [1.54, 1.807) is 0 Å². The average Bonchev–Trinajstić information content (AvgIpc) is 2.11. The van der Waals surface area contributed by atoms with Crippen molar-refractivity contribution in [2.45, 2.75) is 39.5 Å². The lowest BCUT2D eigenvalue weighted by Gasteiger charge is -2.02. The van der Waals surface area contributed by atoms with Gasteiger partial charge in [-0.3, -0.25) is 0 Å². The summed E-state index contributed by atoms with van der Waals surface area (Å²) in [5, 5.41) is 23.3. The van der Waals surface area contributed by atoms with Gasteiger partial charge in [0.15, 0.2) is 0 Å². The molecule has 0 aromatic rings. The minimum absolute atomic E-state index is 0.488. The van der Waals surface area contributed by atoms with Gasteiger partial charge < -0.3 is 10.4 Å². The van der Waals surface area contributed by atoms with Crippen molar-refractivity contribution >= 4 is 11.4 Å². The zero-order chi connectivity index (χ0) is 9.40. The minimum Gasteiger partial charge on any atom is -0.411 e. The Morgan fingerprint density at radius 2 is 1.25 bits per heavy atom. The summed E-state index contributed by atoms with van der Waals surface area (Å²) in [5.41, 5.74) is 0.976. The Bertz CT molecular complexity index is 156. The molecule has 4 nitrogen and oxygen atoms in total. The van der Waals surface area contributed by atoms with Crippen LogP contribution in [0.1, 0.15) is 39.5 Å². The number of hydrogen-bond acceptors (Lipinski definition) is 4. The molecule has 0 atom stereocenters. The Morgan fingerprint density at radius 3 is 1.42 bits per heavy atom. The molecule has 12 heavy (non-hydrogen) atoms. The topological polar surface area (TPSA) is 65.2 Å². The van der Waals surface area contributed by atoms with E-state index in [0.717, 1.165) is 12.8 Å². The van der Waals surface area contributed by atoms with Crippen molar-refractivity contribution in [2.24, 2.45) is 10.3 Å². The fourth-order valence-corrected chi connectivity index (χ4v) is 0.978. The Kier molecular flexibility index (Phi) is 6.05. The first kappa shape index (κ1) is 10.9. The van der Waals surface area contributed by atoms with E-state index >= 15 is 0 Å². The third kappa shape index (κ3) is 3.37. The maximum atomic E-state index is 8.58. The fourth-order valence-electron chi connectivity index (χ4n) is 0.978. The van der Waals surface area contributed by atoms with Crippen molar-refractivity contribution in [2.75, 3.05) is 0 Å². The Labute approximate surface area is 72.6 Å². The van der Waals surface area contributed by atoms with Crippen LogP contribution < -0.4 is 0 Å². The molecular weight excluding hydrogens is 156 g/mol. The third-order valence-electron chi connectivity index (χ3n) is 1.55. The van der Waals surface area contributed by atoms with E-state index in [-0.39, 0.29) is 0 Å². The lowest BCUT2D eigenvalue weighted by molar-refractivity contribution is 0.312. The molecular formula is C8H16N2O2. The van der Waals surface area contributed by atoms with Gasteiger partial charge in [-0.25, -0.2) is 0 Å². The summed E-state index contributed by atoms with van der Waals surface area (Å²) in [6.45, 7) is 3.96. The second-order valence-electron chi connectivity index (χ2n) is 2.59. The standard InChI is InChI=1S/C8H16N2O2/c1-3-5-7(9-11)8(10-12)6-4-2/h11-12H,3-6H2,1-2H3. The van der Waals surface area contributed by atoms with Crippen LogP contribution in [0.25, 0.3) is 0 Å². The van der Waals surface area contributed by atoms with Crippen LogP contribution in [0.5, 0.6) is 0 Å². The lowest BCUT2D eigenvalue weighted by Crippen LogP contribution is -2.13. The lowest BCUT2D eigenvalue weighted by atomic mass is 10.1. The zero-order valence-corrected chi connectivity index (χ0v) is 7.62. The first-order valence-electron chi connectivity index (χ1n) is 4.22. The highest BCUT2D eigenvalue weighted by Gasteiger charge is 2.07. The Balaban J connectivity index is 4.26. The van der Waals surface area contributed by atoms with Crippen molar-refractivity contribution in [3.05, 3.63) is 0 Å². The van der Waals surface area contributed by atoms with Gasteiger partial charge in [-0.1, -0.05) is 37.0 Å². The van der Waals surface area contributed by atoms with E-state index in [1.807, 2.05) is 13.8 Å². The largest absolute Gasteiger partial charge is 0.411 e. The molecule has 2 N–H and O–H groups in total. The molecule has 0 aliphatic heterocycles. The van der Waals surface area contributed by atoms with E-state index in [2.05, 4.69) is 10.3 Å². The molecule has 0 saturated carbocycles. The van der Waals surface area contributed by atoms with Gasteiger partial charge in [-0.2, -0.15) is 0 Å². The number of hydrogen-bond donors (Lipinski definition) is 2. The van der Waals surface area contributed by atoms with Crippen LogP contribution in [0, 0.1) is 0 Å². The predicted octanol–water partition coefficient (Wildman–Crippen LogP) is 2.25. The van der Waals surface area contributed by atoms with E-state index in [0.29, 0.717) is 24.3 Å². The van der Waals surface area contributed by atoms with E-state index < -0.39 is 0 Å². The van der Waals surface area contributed by atoms with Gasteiger partial charge in [-0.15, -0.1) is 0 Å². The molecule has 0 aromatic heterocycles. The molecule has 70 valence electrons. The molecule has 0 rings (SSSR count). The van der Waals surface area contributed by atoms with Crippen LogP contribution in [-0.2, 0) is 0 Å². The minimum atomic E-state index is 0.488. The van der Waals surface area contributed by atoms with Gasteiger partial charge in [-0.05, 0) is 12.8 Å². The summed E-state index contributed by atoms with van der Waals surface area (Å²) in [6.07, 6.45) is 3.05. The first-order valence-corrected chi connectivity index (χ1v) is 4.22. The second kappa shape index (κ2) is 6.64. The van der Waals surface area contributed by atoms with Crippen LogP contribution in [-0.4, -0.2) is 21.8 Å². The molecule has 0 radical (unpaired) electrons. The SMILES string of the molecule is CCCC(=NO)C(CCC)=NO. The van der Waals surface area contributed by atoms with Crippen molar-refractivity contribution in [1.82, 2.24) is 0 Å². The van der Waals surface area contributed by atoms with Crippen molar-refractivity contribution < 1.29 is 10.4 Å². The maximum absolute atomic E-state index is 8.58. The molecule has 0 aliphatic rings. The average molecular weight is 172 g/mol. The predicted molar refractivity (Wildman–Crippen MR) is 48.3 cm³/mol. The molecule has 0 amide bonds. The van der Waals surface area contributed by atoms with Gasteiger partial charge in [0.25, 0.3) is 0 Å². The zero-order valence-electron chi connectivity index (χ0n) is 7.62. The van der Waals surface area contributed by atoms with Crippen molar-refractivity contribution in [1.29, 1.82) is 0 Å². The third-order valence-corrected chi connectivity index (χ3v) is 1.55. The van der Waals surface area contributed by atoms with Gasteiger partial charge in [0.05, 0.1) is 0 Å². The fraction of sp³-hybridized carbons (Fsp3) is 0.750. The number of nitrogens with zero attached hydrogens (tertiary/aromatic N) is 2. The summed E-state index contributed by atoms with van der Waals surface area (Å²) < 4.78 is 0.